The lowest BCUT2D eigenvalue weighted by atomic mass is 9.99. The number of nitrogens with one attached hydrogen (secondary N) is 1. The van der Waals surface area contributed by atoms with E-state index in [1.54, 1.807) is 0 Å². The van der Waals surface area contributed by atoms with E-state index in [9.17, 15) is 22.4 Å². The van der Waals surface area contributed by atoms with Gasteiger partial charge in [-0.1, -0.05) is 68.1 Å². The highest BCUT2D eigenvalue weighted by Crippen LogP contribution is 2.35. The lowest BCUT2D eigenvalue weighted by Crippen LogP contribution is -2.43. The van der Waals surface area contributed by atoms with Crippen LogP contribution in [0.4, 0.5) is 32.4 Å². The van der Waals surface area contributed by atoms with Gasteiger partial charge in [0.05, 0.1) is 5.69 Å². The Kier molecular flexibility index (Phi) is 9.94. The van der Waals surface area contributed by atoms with Crippen molar-refractivity contribution in [3.8, 4) is 22.8 Å². The molecule has 14 heteroatoms. The number of aromatic nitrogens is 3. The molecule has 4 aromatic rings. The summed E-state index contributed by atoms with van der Waals surface area (Å²) in [7, 11) is 0. The van der Waals surface area contributed by atoms with Gasteiger partial charge in [0.25, 0.3) is 0 Å². The van der Waals surface area contributed by atoms with Crippen LogP contribution in [-0.4, -0.2) is 50.4 Å². The molecule has 242 valence electrons. The fourth-order valence-electron chi connectivity index (χ4n) is 4.95. The first-order chi connectivity index (χ1) is 21.9. The van der Waals surface area contributed by atoms with E-state index in [1.807, 2.05) is 41.4 Å². The molecule has 3 unspecified atom stereocenters. The van der Waals surface area contributed by atoms with Crippen molar-refractivity contribution in [2.45, 2.75) is 58.0 Å². The number of halogens is 5. The number of carbonyl (C=O) groups is 1. The molecule has 0 spiro atoms. The number of nitrogens with zero attached hydrogens (tertiary/aromatic N) is 5. The first kappa shape index (κ1) is 32.9. The summed E-state index contributed by atoms with van der Waals surface area (Å²) < 4.78 is 72.6. The second-order valence-corrected chi connectivity index (χ2v) is 12.0. The van der Waals surface area contributed by atoms with Crippen molar-refractivity contribution in [3.63, 3.8) is 0 Å². The summed E-state index contributed by atoms with van der Waals surface area (Å²) in [5.41, 5.74) is 2.93. The van der Waals surface area contributed by atoms with Crippen LogP contribution >= 0.6 is 11.8 Å². The predicted molar refractivity (Wildman–Crippen MR) is 168 cm³/mol. The molecule has 8 nitrogen and oxygen atoms in total. The van der Waals surface area contributed by atoms with Gasteiger partial charge >= 0.3 is 12.4 Å². The second-order valence-electron chi connectivity index (χ2n) is 10.9. The van der Waals surface area contributed by atoms with Crippen molar-refractivity contribution in [1.82, 2.24) is 20.1 Å². The molecule has 3 aromatic carbocycles. The number of carbonyl (C=O) groups excluding carboxylic acids is 1. The number of rotatable bonds is 8. The molecule has 0 radical (unpaired) electrons. The molecule has 3 atom stereocenters. The van der Waals surface area contributed by atoms with Gasteiger partial charge in [-0.3, -0.25) is 0 Å². The Morgan fingerprint density at radius 3 is 2.41 bits per heavy atom. The van der Waals surface area contributed by atoms with Crippen LogP contribution in [0.3, 0.4) is 0 Å². The molecule has 5 rings (SSSR count). The molecular weight excluding hydrogens is 627 g/mol. The molecule has 46 heavy (non-hydrogen) atoms. The quantitative estimate of drug-likeness (QED) is 0.151. The highest BCUT2D eigenvalue weighted by Gasteiger charge is 2.31. The smallest absolute Gasteiger partial charge is 0.406 e. The number of urea groups is 1. The number of thioether (sulfide) groups is 1. The Labute approximate surface area is 266 Å². The third kappa shape index (κ3) is 7.84. The van der Waals surface area contributed by atoms with Crippen molar-refractivity contribution in [2.24, 2.45) is 4.99 Å². The van der Waals surface area contributed by atoms with Gasteiger partial charge in [0, 0.05) is 23.0 Å². The molecule has 1 N–H and O–H groups in total. The number of hydrogen-bond acceptors (Lipinski definition) is 5. The van der Waals surface area contributed by atoms with Gasteiger partial charge < -0.3 is 15.0 Å². The van der Waals surface area contributed by atoms with E-state index in [2.05, 4.69) is 33.7 Å². The van der Waals surface area contributed by atoms with Gasteiger partial charge in [-0.2, -0.15) is 4.99 Å². The summed E-state index contributed by atoms with van der Waals surface area (Å²) in [6.45, 7) is 6.20. The van der Waals surface area contributed by atoms with Gasteiger partial charge in [-0.05, 0) is 60.7 Å². The molecule has 2 heterocycles. The molecular formula is C32H31F5N6O2S. The lowest BCUT2D eigenvalue weighted by Gasteiger charge is -2.37. The average Bonchev–Trinajstić information content (AvgIpc) is 3.51. The van der Waals surface area contributed by atoms with Gasteiger partial charge in [-0.15, -0.1) is 18.3 Å². The number of aliphatic imine (C=N–C) groups is 1. The van der Waals surface area contributed by atoms with Crippen LogP contribution in [0.1, 0.15) is 50.4 Å². The van der Waals surface area contributed by atoms with Crippen molar-refractivity contribution in [1.29, 1.82) is 0 Å². The normalized spacial score (nSPS) is 17.6. The van der Waals surface area contributed by atoms with E-state index < -0.39 is 24.9 Å². The molecule has 1 aliphatic rings. The van der Waals surface area contributed by atoms with Crippen molar-refractivity contribution < 1.29 is 31.5 Å². The largest absolute Gasteiger partial charge is 0.573 e. The maximum absolute atomic E-state index is 15.1. The maximum atomic E-state index is 15.1. The third-order valence-electron chi connectivity index (χ3n) is 7.26. The average molecular weight is 659 g/mol. The van der Waals surface area contributed by atoms with Crippen LogP contribution in [0, 0.1) is 0 Å². The molecule has 1 aromatic heterocycles. The van der Waals surface area contributed by atoms with Crippen LogP contribution in [0.2, 0.25) is 0 Å². The van der Waals surface area contributed by atoms with Crippen molar-refractivity contribution in [2.75, 3.05) is 10.7 Å². The molecule has 0 bridgehead atoms. The van der Waals surface area contributed by atoms with E-state index in [1.165, 1.54) is 59.2 Å². The van der Waals surface area contributed by atoms with Gasteiger partial charge in [0.2, 0.25) is 6.30 Å². The number of benzene rings is 3. The minimum Gasteiger partial charge on any atom is -0.406 e. The highest BCUT2D eigenvalue weighted by molar-refractivity contribution is 8.14. The minimum absolute atomic E-state index is 0.0166. The number of ether oxygens (including phenoxy) is 1. The predicted octanol–water partition coefficient (Wildman–Crippen LogP) is 8.36. The number of amidine groups is 1. The minimum atomic E-state index is -4.80. The SMILES string of the molecule is CC(C)c1ccccc1N1/C(=N/C(=O)NC(F)C(F)c2ccc(-c3ncn(-c4ccc(OC(F)(F)F)cc4)n3)cc2)SCCC1C. The summed E-state index contributed by atoms with van der Waals surface area (Å²) in [4.78, 5) is 23.1. The van der Waals surface area contributed by atoms with Crippen LogP contribution in [0.25, 0.3) is 17.1 Å². The molecule has 1 saturated heterocycles. The summed E-state index contributed by atoms with van der Waals surface area (Å²) in [6.07, 6.45) is -7.09. The van der Waals surface area contributed by atoms with E-state index in [0.717, 1.165) is 35.6 Å². The number of alkyl halides is 5. The van der Waals surface area contributed by atoms with Crippen LogP contribution in [-0.2, 0) is 0 Å². The Hall–Kier alpha value is -4.46. The Morgan fingerprint density at radius 2 is 1.74 bits per heavy atom. The zero-order valence-electron chi connectivity index (χ0n) is 25.1. The fourth-order valence-corrected chi connectivity index (χ4v) is 6.15. The highest BCUT2D eigenvalue weighted by atomic mass is 32.2. The van der Waals surface area contributed by atoms with E-state index in [0.29, 0.717) is 16.4 Å². The third-order valence-corrected chi connectivity index (χ3v) is 8.25. The summed E-state index contributed by atoms with van der Waals surface area (Å²) in [5.74, 6) is 0.843. The monoisotopic (exact) mass is 658 g/mol. The van der Waals surface area contributed by atoms with Gasteiger partial charge in [0.1, 0.15) is 12.1 Å². The number of amides is 2. The van der Waals surface area contributed by atoms with E-state index >= 15 is 4.39 Å². The second kappa shape index (κ2) is 13.9. The maximum Gasteiger partial charge on any atom is 0.573 e. The number of anilines is 1. The molecule has 1 aliphatic heterocycles. The fraction of sp³-hybridized carbons (Fsp3) is 0.312. The first-order valence-corrected chi connectivity index (χ1v) is 15.4. The molecule has 0 saturated carbocycles. The number of para-hydroxylation sites is 1. The van der Waals surface area contributed by atoms with E-state index in [4.69, 9.17) is 0 Å². The lowest BCUT2D eigenvalue weighted by molar-refractivity contribution is -0.274. The molecule has 2 amide bonds. The summed E-state index contributed by atoms with van der Waals surface area (Å²) in [6, 6.07) is 17.7. The van der Waals surface area contributed by atoms with Crippen molar-refractivity contribution >= 4 is 28.6 Å². The van der Waals surface area contributed by atoms with Crippen LogP contribution in [0.5, 0.6) is 5.75 Å². The van der Waals surface area contributed by atoms with Crippen molar-refractivity contribution in [3.05, 3.63) is 90.3 Å². The number of hydrogen-bond donors (Lipinski definition) is 1. The standard InChI is InChI=1S/C32H31F5N6O2S/c1-19(2)25-6-4-5-7-26(25)43-20(3)16-17-46-31(43)40-30(44)39-28(34)27(33)21-8-10-22(11-9-21)29-38-18-42(41-29)23-12-14-24(15-13-23)45-32(35,36)37/h4-15,18-20,27-28H,16-17H2,1-3H3,(H,39,44)/b40-31-. The Bertz CT molecular complexity index is 1680. The summed E-state index contributed by atoms with van der Waals surface area (Å²) >= 11 is 1.39. The Balaban J connectivity index is 1.24. The van der Waals surface area contributed by atoms with Gasteiger partial charge in [-0.25, -0.2) is 23.2 Å². The van der Waals surface area contributed by atoms with Gasteiger partial charge in [0.15, 0.2) is 17.2 Å². The zero-order valence-corrected chi connectivity index (χ0v) is 25.9. The van der Waals surface area contributed by atoms with Crippen LogP contribution < -0.4 is 15.0 Å². The zero-order chi connectivity index (χ0) is 33.0. The topological polar surface area (TPSA) is 84.6 Å². The molecule has 0 aliphatic carbocycles. The van der Waals surface area contributed by atoms with Crippen LogP contribution in [0.15, 0.2) is 84.1 Å². The first-order valence-electron chi connectivity index (χ1n) is 14.5. The Morgan fingerprint density at radius 1 is 1.04 bits per heavy atom. The van der Waals surface area contributed by atoms with E-state index in [-0.39, 0.29) is 29.1 Å². The summed E-state index contributed by atoms with van der Waals surface area (Å²) in [5, 5.41) is 6.76. The molecule has 1 fully saturated rings.